The molecular formula is C15H13Cl2N5O. The van der Waals surface area contributed by atoms with Crippen molar-refractivity contribution in [3.8, 4) is 0 Å². The van der Waals surface area contributed by atoms with Crippen molar-refractivity contribution in [3.05, 3.63) is 64.2 Å². The highest BCUT2D eigenvalue weighted by molar-refractivity contribution is 6.42. The van der Waals surface area contributed by atoms with E-state index in [0.717, 1.165) is 5.56 Å². The molecule has 0 aliphatic rings. The lowest BCUT2D eigenvalue weighted by molar-refractivity contribution is 0.102. The highest BCUT2D eigenvalue weighted by Gasteiger charge is 2.09. The first-order chi connectivity index (χ1) is 11.0. The topological polar surface area (TPSA) is 64.7 Å². The van der Waals surface area contributed by atoms with E-state index in [2.05, 4.69) is 15.5 Å². The van der Waals surface area contributed by atoms with Gasteiger partial charge in [0, 0.05) is 19.4 Å². The maximum Gasteiger partial charge on any atom is 0.258 e. The normalized spacial score (nSPS) is 10.7. The lowest BCUT2D eigenvalue weighted by Gasteiger charge is -2.03. The monoisotopic (exact) mass is 349 g/mol. The summed E-state index contributed by atoms with van der Waals surface area (Å²) in [5.41, 5.74) is 2.07. The van der Waals surface area contributed by atoms with Crippen LogP contribution in [0.3, 0.4) is 0 Å². The first-order valence-electron chi connectivity index (χ1n) is 6.77. The Bertz CT molecular complexity index is 855. The van der Waals surface area contributed by atoms with Crippen LogP contribution in [0.5, 0.6) is 0 Å². The van der Waals surface area contributed by atoms with Gasteiger partial charge in [-0.2, -0.15) is 10.2 Å². The Kier molecular flexibility index (Phi) is 4.36. The van der Waals surface area contributed by atoms with Gasteiger partial charge in [-0.25, -0.2) is 0 Å². The summed E-state index contributed by atoms with van der Waals surface area (Å²) in [6.07, 6.45) is 6.49. The molecule has 0 unspecified atom stereocenters. The van der Waals surface area contributed by atoms with E-state index in [1.54, 1.807) is 47.1 Å². The Labute approximate surface area is 142 Å². The summed E-state index contributed by atoms with van der Waals surface area (Å²) in [5, 5.41) is 12.0. The SMILES string of the molecule is Cn1cc(C(=O)Nc2cnn(Cc3ccc(Cl)c(Cl)c3)c2)cn1. The molecule has 0 radical (unpaired) electrons. The number of nitrogens with one attached hydrogen (secondary N) is 1. The van der Waals surface area contributed by atoms with Gasteiger partial charge < -0.3 is 5.32 Å². The summed E-state index contributed by atoms with van der Waals surface area (Å²) in [6, 6.07) is 5.41. The van der Waals surface area contributed by atoms with Gasteiger partial charge in [0.1, 0.15) is 0 Å². The molecule has 0 atom stereocenters. The van der Waals surface area contributed by atoms with Gasteiger partial charge in [-0.3, -0.25) is 14.2 Å². The van der Waals surface area contributed by atoms with Gasteiger partial charge in [0.25, 0.3) is 5.91 Å². The highest BCUT2D eigenvalue weighted by atomic mass is 35.5. The number of rotatable bonds is 4. The van der Waals surface area contributed by atoms with Gasteiger partial charge in [-0.05, 0) is 17.7 Å². The van der Waals surface area contributed by atoms with Crippen LogP contribution < -0.4 is 5.32 Å². The summed E-state index contributed by atoms with van der Waals surface area (Å²) in [4.78, 5) is 12.0. The number of benzene rings is 1. The average molecular weight is 350 g/mol. The van der Waals surface area contributed by atoms with Crippen LogP contribution in [0.4, 0.5) is 5.69 Å². The summed E-state index contributed by atoms with van der Waals surface area (Å²) in [5.74, 6) is -0.229. The second kappa shape index (κ2) is 6.44. The lowest BCUT2D eigenvalue weighted by atomic mass is 10.2. The minimum absolute atomic E-state index is 0.229. The number of carbonyl (C=O) groups is 1. The molecule has 0 aliphatic carbocycles. The first-order valence-corrected chi connectivity index (χ1v) is 7.53. The molecule has 0 saturated heterocycles. The number of aromatic nitrogens is 4. The van der Waals surface area contributed by atoms with Crippen molar-refractivity contribution in [2.24, 2.45) is 7.05 Å². The predicted octanol–water partition coefficient (Wildman–Crippen LogP) is 3.22. The van der Waals surface area contributed by atoms with E-state index in [-0.39, 0.29) is 5.91 Å². The smallest absolute Gasteiger partial charge is 0.258 e. The molecule has 0 saturated carbocycles. The number of hydrogen-bond acceptors (Lipinski definition) is 3. The molecule has 1 aromatic carbocycles. The van der Waals surface area contributed by atoms with Crippen molar-refractivity contribution in [1.82, 2.24) is 19.6 Å². The quantitative estimate of drug-likeness (QED) is 0.786. The van der Waals surface area contributed by atoms with Crippen molar-refractivity contribution in [3.63, 3.8) is 0 Å². The molecule has 3 rings (SSSR count). The van der Waals surface area contributed by atoms with Crippen molar-refractivity contribution in [1.29, 1.82) is 0 Å². The zero-order chi connectivity index (χ0) is 16.4. The van der Waals surface area contributed by atoms with E-state index in [9.17, 15) is 4.79 Å². The molecule has 2 heterocycles. The van der Waals surface area contributed by atoms with Crippen LogP contribution in [0.1, 0.15) is 15.9 Å². The van der Waals surface area contributed by atoms with Crippen molar-refractivity contribution < 1.29 is 4.79 Å². The third-order valence-corrected chi connectivity index (χ3v) is 3.93. The lowest BCUT2D eigenvalue weighted by Crippen LogP contribution is -2.10. The van der Waals surface area contributed by atoms with E-state index in [0.29, 0.717) is 27.8 Å². The summed E-state index contributed by atoms with van der Waals surface area (Å²) >= 11 is 11.9. The maximum atomic E-state index is 12.0. The van der Waals surface area contributed by atoms with Gasteiger partial charge in [-0.15, -0.1) is 0 Å². The molecule has 0 aliphatic heterocycles. The second-order valence-electron chi connectivity index (χ2n) is 5.03. The van der Waals surface area contributed by atoms with E-state index in [1.165, 1.54) is 6.20 Å². The van der Waals surface area contributed by atoms with Gasteiger partial charge in [0.15, 0.2) is 0 Å². The molecule has 1 amide bonds. The van der Waals surface area contributed by atoms with Crippen LogP contribution in [0, 0.1) is 0 Å². The van der Waals surface area contributed by atoms with E-state index in [4.69, 9.17) is 23.2 Å². The molecule has 0 bridgehead atoms. The van der Waals surface area contributed by atoms with Crippen LogP contribution in [0.2, 0.25) is 10.0 Å². The summed E-state index contributed by atoms with van der Waals surface area (Å²) in [6.45, 7) is 0.527. The third kappa shape index (κ3) is 3.72. The Hall–Kier alpha value is -2.31. The summed E-state index contributed by atoms with van der Waals surface area (Å²) < 4.78 is 3.28. The molecule has 8 heteroatoms. The number of amides is 1. The fourth-order valence-corrected chi connectivity index (χ4v) is 2.40. The van der Waals surface area contributed by atoms with Crippen molar-refractivity contribution in [2.75, 3.05) is 5.32 Å². The largest absolute Gasteiger partial charge is 0.319 e. The van der Waals surface area contributed by atoms with Crippen molar-refractivity contribution >= 4 is 34.8 Å². The number of nitrogens with zero attached hydrogens (tertiary/aromatic N) is 4. The Morgan fingerprint density at radius 3 is 2.70 bits per heavy atom. The third-order valence-electron chi connectivity index (χ3n) is 3.19. The second-order valence-corrected chi connectivity index (χ2v) is 5.85. The van der Waals surface area contributed by atoms with E-state index >= 15 is 0 Å². The van der Waals surface area contributed by atoms with Crippen molar-refractivity contribution in [2.45, 2.75) is 6.54 Å². The minimum atomic E-state index is -0.229. The molecule has 0 fully saturated rings. The van der Waals surface area contributed by atoms with Crippen LogP contribution in [0.25, 0.3) is 0 Å². The van der Waals surface area contributed by atoms with Gasteiger partial charge in [0.05, 0.1) is 40.2 Å². The summed E-state index contributed by atoms with van der Waals surface area (Å²) in [7, 11) is 1.76. The Morgan fingerprint density at radius 2 is 2.00 bits per heavy atom. The molecule has 23 heavy (non-hydrogen) atoms. The minimum Gasteiger partial charge on any atom is -0.319 e. The Balaban J connectivity index is 1.68. The molecule has 6 nitrogen and oxygen atoms in total. The van der Waals surface area contributed by atoms with E-state index in [1.807, 2.05) is 6.07 Å². The number of halogens is 2. The number of carbonyl (C=O) groups excluding carboxylic acids is 1. The first kappa shape index (κ1) is 15.6. The van der Waals surface area contributed by atoms with Crippen LogP contribution in [0.15, 0.2) is 43.0 Å². The fourth-order valence-electron chi connectivity index (χ4n) is 2.08. The molecule has 1 N–H and O–H groups in total. The van der Waals surface area contributed by atoms with Crippen LogP contribution in [-0.2, 0) is 13.6 Å². The van der Waals surface area contributed by atoms with Crippen LogP contribution >= 0.6 is 23.2 Å². The molecule has 0 spiro atoms. The standard InChI is InChI=1S/C15H13Cl2N5O/c1-21-8-11(5-18-21)15(23)20-12-6-19-22(9-12)7-10-2-3-13(16)14(17)4-10/h2-6,8-9H,7H2,1H3,(H,20,23). The number of hydrogen-bond donors (Lipinski definition) is 1. The van der Waals surface area contributed by atoms with E-state index < -0.39 is 0 Å². The molecule has 3 aromatic rings. The zero-order valence-corrected chi connectivity index (χ0v) is 13.7. The average Bonchev–Trinajstić information content (AvgIpc) is 3.12. The number of aryl methyl sites for hydroxylation is 1. The number of anilines is 1. The predicted molar refractivity (Wildman–Crippen MR) is 89.0 cm³/mol. The zero-order valence-electron chi connectivity index (χ0n) is 12.2. The molecular weight excluding hydrogens is 337 g/mol. The molecule has 118 valence electrons. The van der Waals surface area contributed by atoms with Gasteiger partial charge in [0.2, 0.25) is 0 Å². The molecule has 2 aromatic heterocycles. The fraction of sp³-hybridized carbons (Fsp3) is 0.133. The highest BCUT2D eigenvalue weighted by Crippen LogP contribution is 2.23. The van der Waals surface area contributed by atoms with Gasteiger partial charge >= 0.3 is 0 Å². The van der Waals surface area contributed by atoms with Crippen LogP contribution in [-0.4, -0.2) is 25.5 Å². The maximum absolute atomic E-state index is 12.0. The Morgan fingerprint density at radius 1 is 1.17 bits per heavy atom. The van der Waals surface area contributed by atoms with Gasteiger partial charge in [-0.1, -0.05) is 29.3 Å².